The largest absolute Gasteiger partial charge is 0.492 e. The summed E-state index contributed by atoms with van der Waals surface area (Å²) in [5, 5.41) is 4.87. The average molecular weight is 423 g/mol. The number of ether oxygens (including phenoxy) is 1. The highest BCUT2D eigenvalue weighted by Crippen LogP contribution is 2.33. The number of aromatic nitrogens is 2. The summed E-state index contributed by atoms with van der Waals surface area (Å²) in [4.78, 5) is 22.8. The Hall–Kier alpha value is -2.03. The maximum absolute atomic E-state index is 12.0. The van der Waals surface area contributed by atoms with Crippen LogP contribution in [0.2, 0.25) is 5.02 Å². The molecule has 0 radical (unpaired) electrons. The third-order valence-corrected chi connectivity index (χ3v) is 6.08. The SMILES string of the molecule is Cc1sc2nc(SCC(=O)NCCOc3ccc(Cl)cc3)nc(N)c2c1C. The van der Waals surface area contributed by atoms with E-state index in [0.29, 0.717) is 34.9 Å². The van der Waals surface area contributed by atoms with Gasteiger partial charge in [0, 0.05) is 9.90 Å². The summed E-state index contributed by atoms with van der Waals surface area (Å²) >= 11 is 8.67. The van der Waals surface area contributed by atoms with Crippen LogP contribution < -0.4 is 15.8 Å². The van der Waals surface area contributed by atoms with Crippen LogP contribution in [0.1, 0.15) is 10.4 Å². The molecule has 3 aromatic rings. The molecule has 0 aliphatic heterocycles. The summed E-state index contributed by atoms with van der Waals surface area (Å²) in [5.41, 5.74) is 7.17. The van der Waals surface area contributed by atoms with Gasteiger partial charge in [-0.3, -0.25) is 4.79 Å². The number of benzene rings is 1. The second kappa shape index (κ2) is 8.77. The molecular weight excluding hydrogens is 404 g/mol. The predicted octanol–water partition coefficient (Wildman–Crippen LogP) is 3.83. The number of nitrogen functional groups attached to an aromatic ring is 1. The van der Waals surface area contributed by atoms with E-state index in [2.05, 4.69) is 15.3 Å². The van der Waals surface area contributed by atoms with Crippen LogP contribution in [0, 0.1) is 13.8 Å². The van der Waals surface area contributed by atoms with Crippen molar-refractivity contribution in [2.45, 2.75) is 19.0 Å². The zero-order valence-corrected chi connectivity index (χ0v) is 17.3. The van der Waals surface area contributed by atoms with Crippen molar-refractivity contribution in [3.63, 3.8) is 0 Å². The Kier molecular flexibility index (Phi) is 6.41. The van der Waals surface area contributed by atoms with Crippen LogP contribution in [-0.2, 0) is 4.79 Å². The van der Waals surface area contributed by atoms with Gasteiger partial charge in [0.1, 0.15) is 23.0 Å². The number of nitrogens with zero attached hydrogens (tertiary/aromatic N) is 2. The number of rotatable bonds is 7. The number of carbonyl (C=O) groups is 1. The van der Waals surface area contributed by atoms with E-state index in [0.717, 1.165) is 15.8 Å². The molecule has 0 fully saturated rings. The van der Waals surface area contributed by atoms with E-state index in [1.54, 1.807) is 35.6 Å². The smallest absolute Gasteiger partial charge is 0.230 e. The van der Waals surface area contributed by atoms with Gasteiger partial charge >= 0.3 is 0 Å². The number of hydrogen-bond donors (Lipinski definition) is 2. The lowest BCUT2D eigenvalue weighted by molar-refractivity contribution is -0.118. The van der Waals surface area contributed by atoms with Crippen molar-refractivity contribution >= 4 is 56.6 Å². The lowest BCUT2D eigenvalue weighted by atomic mass is 10.2. The Balaban J connectivity index is 1.46. The summed E-state index contributed by atoms with van der Waals surface area (Å²) in [6, 6.07) is 7.08. The number of carbonyl (C=O) groups excluding carboxylic acids is 1. The molecule has 0 unspecified atom stereocenters. The normalized spacial score (nSPS) is 10.9. The topological polar surface area (TPSA) is 90.1 Å². The molecule has 27 heavy (non-hydrogen) atoms. The molecule has 0 saturated carbocycles. The molecule has 9 heteroatoms. The molecule has 0 spiro atoms. The number of thiophene rings is 1. The summed E-state index contributed by atoms with van der Waals surface area (Å²) in [7, 11) is 0. The van der Waals surface area contributed by atoms with E-state index < -0.39 is 0 Å². The van der Waals surface area contributed by atoms with Crippen molar-refractivity contribution in [3.8, 4) is 5.75 Å². The monoisotopic (exact) mass is 422 g/mol. The molecule has 3 rings (SSSR count). The van der Waals surface area contributed by atoms with Crippen molar-refractivity contribution in [1.29, 1.82) is 0 Å². The molecule has 0 atom stereocenters. The molecule has 2 heterocycles. The number of anilines is 1. The number of amides is 1. The van der Waals surface area contributed by atoms with E-state index in [9.17, 15) is 4.79 Å². The highest BCUT2D eigenvalue weighted by molar-refractivity contribution is 7.99. The van der Waals surface area contributed by atoms with E-state index in [1.165, 1.54) is 16.6 Å². The number of halogens is 1. The van der Waals surface area contributed by atoms with E-state index in [-0.39, 0.29) is 11.7 Å². The van der Waals surface area contributed by atoms with Crippen molar-refractivity contribution < 1.29 is 9.53 Å². The number of hydrogen-bond acceptors (Lipinski definition) is 7. The van der Waals surface area contributed by atoms with Crippen LogP contribution in [0.4, 0.5) is 5.82 Å². The minimum atomic E-state index is -0.111. The van der Waals surface area contributed by atoms with Gasteiger partial charge < -0.3 is 15.8 Å². The van der Waals surface area contributed by atoms with Gasteiger partial charge in [-0.1, -0.05) is 23.4 Å². The molecule has 0 bridgehead atoms. The zero-order valence-electron chi connectivity index (χ0n) is 14.9. The molecular formula is C18H19ClN4O2S2. The maximum Gasteiger partial charge on any atom is 0.230 e. The maximum atomic E-state index is 12.0. The first-order valence-corrected chi connectivity index (χ1v) is 10.4. The van der Waals surface area contributed by atoms with Crippen LogP contribution in [0.25, 0.3) is 10.2 Å². The molecule has 1 aromatic carbocycles. The predicted molar refractivity (Wildman–Crippen MR) is 112 cm³/mol. The van der Waals surface area contributed by atoms with Crippen molar-refractivity contribution in [2.24, 2.45) is 0 Å². The van der Waals surface area contributed by atoms with Crippen LogP contribution in [0.15, 0.2) is 29.4 Å². The Morgan fingerprint density at radius 1 is 1.30 bits per heavy atom. The first-order chi connectivity index (χ1) is 12.9. The Labute approximate surface area is 170 Å². The lowest BCUT2D eigenvalue weighted by Gasteiger charge is -2.08. The first kappa shape index (κ1) is 19.7. The van der Waals surface area contributed by atoms with E-state index in [1.807, 2.05) is 13.8 Å². The summed E-state index contributed by atoms with van der Waals surface area (Å²) in [6.45, 7) is 4.84. The molecule has 3 N–H and O–H groups in total. The molecule has 0 saturated heterocycles. The highest BCUT2D eigenvalue weighted by Gasteiger charge is 2.13. The minimum Gasteiger partial charge on any atom is -0.492 e. The molecule has 2 aromatic heterocycles. The third-order valence-electron chi connectivity index (χ3n) is 3.88. The number of nitrogens with two attached hydrogens (primary N) is 1. The number of nitrogens with one attached hydrogen (secondary N) is 1. The van der Waals surface area contributed by atoms with Crippen LogP contribution in [0.3, 0.4) is 0 Å². The van der Waals surface area contributed by atoms with E-state index in [4.69, 9.17) is 22.1 Å². The third kappa shape index (κ3) is 5.03. The Morgan fingerprint density at radius 3 is 2.78 bits per heavy atom. The van der Waals surface area contributed by atoms with Crippen molar-refractivity contribution in [3.05, 3.63) is 39.7 Å². The fourth-order valence-corrected chi connectivity index (χ4v) is 4.30. The van der Waals surface area contributed by atoms with Crippen LogP contribution in [0.5, 0.6) is 5.75 Å². The molecule has 1 amide bonds. The number of aryl methyl sites for hydroxylation is 2. The van der Waals surface area contributed by atoms with Gasteiger partial charge in [-0.05, 0) is 43.7 Å². The van der Waals surface area contributed by atoms with Gasteiger partial charge in [-0.2, -0.15) is 0 Å². The molecule has 0 aliphatic rings. The summed E-state index contributed by atoms with van der Waals surface area (Å²) in [5.74, 6) is 1.28. The van der Waals surface area contributed by atoms with Gasteiger partial charge in [0.05, 0.1) is 17.7 Å². The van der Waals surface area contributed by atoms with Crippen LogP contribution >= 0.6 is 34.7 Å². The Morgan fingerprint density at radius 2 is 2.04 bits per heavy atom. The van der Waals surface area contributed by atoms with Gasteiger partial charge in [-0.25, -0.2) is 9.97 Å². The van der Waals surface area contributed by atoms with Crippen LogP contribution in [-0.4, -0.2) is 34.8 Å². The lowest BCUT2D eigenvalue weighted by Crippen LogP contribution is -2.29. The fourth-order valence-electron chi connectivity index (χ4n) is 2.40. The van der Waals surface area contributed by atoms with E-state index >= 15 is 0 Å². The summed E-state index contributed by atoms with van der Waals surface area (Å²) in [6.07, 6.45) is 0. The quantitative estimate of drug-likeness (QED) is 0.341. The van der Waals surface area contributed by atoms with Gasteiger partial charge in [0.25, 0.3) is 0 Å². The standard InChI is InChI=1S/C18H19ClN4O2S2/c1-10-11(2)27-17-15(10)16(20)22-18(23-17)26-9-14(24)21-7-8-25-13-5-3-12(19)4-6-13/h3-6H,7-9H2,1-2H3,(H,21,24)(H2,20,22,23). The average Bonchev–Trinajstić information content (AvgIpc) is 2.93. The number of thioether (sulfide) groups is 1. The molecule has 142 valence electrons. The summed E-state index contributed by atoms with van der Waals surface area (Å²) < 4.78 is 5.53. The zero-order chi connectivity index (χ0) is 19.4. The Bertz CT molecular complexity index is 960. The first-order valence-electron chi connectivity index (χ1n) is 8.25. The minimum absolute atomic E-state index is 0.111. The fraction of sp³-hybridized carbons (Fsp3) is 0.278. The van der Waals surface area contributed by atoms with Gasteiger partial charge in [-0.15, -0.1) is 11.3 Å². The second-order valence-corrected chi connectivity index (χ2v) is 8.38. The number of fused-ring (bicyclic) bond motifs is 1. The van der Waals surface area contributed by atoms with Gasteiger partial charge in [0.2, 0.25) is 5.91 Å². The van der Waals surface area contributed by atoms with Crippen molar-refractivity contribution in [1.82, 2.24) is 15.3 Å². The molecule has 0 aliphatic carbocycles. The van der Waals surface area contributed by atoms with Crippen molar-refractivity contribution in [2.75, 3.05) is 24.6 Å². The molecule has 6 nitrogen and oxygen atoms in total. The van der Waals surface area contributed by atoms with Gasteiger partial charge in [0.15, 0.2) is 5.16 Å². The highest BCUT2D eigenvalue weighted by atomic mass is 35.5. The second-order valence-electron chi connectivity index (χ2n) is 5.80.